The molecule has 0 fully saturated rings. The smallest absolute Gasteiger partial charge is 0.262 e. The monoisotopic (exact) mass is 158 g/mol. The molecule has 0 rings (SSSR count). The van der Waals surface area contributed by atoms with Gasteiger partial charge in [0.05, 0.1) is 6.61 Å². The second-order valence-electron chi connectivity index (χ2n) is 2.03. The topological polar surface area (TPSA) is 64.3 Å². The van der Waals surface area contributed by atoms with Crippen LogP contribution < -0.4 is 11.3 Å². The summed E-state index contributed by atoms with van der Waals surface area (Å²) in [5, 5.41) is 0. The molecule has 0 bridgehead atoms. The Kier molecular flexibility index (Phi) is 5.42. The van der Waals surface area contributed by atoms with Crippen molar-refractivity contribution in [3.8, 4) is 0 Å². The van der Waals surface area contributed by atoms with E-state index in [1.807, 2.05) is 12.3 Å². The molecule has 4 heteroatoms. The Morgan fingerprint density at radius 2 is 2.55 bits per heavy atom. The number of carbonyl (C=O) groups excluding carboxylic acids is 1. The average molecular weight is 158 g/mol. The number of ether oxygens (including phenoxy) is 1. The molecule has 0 saturated heterocycles. The van der Waals surface area contributed by atoms with Crippen molar-refractivity contribution in [3.05, 3.63) is 12.7 Å². The van der Waals surface area contributed by atoms with Crippen LogP contribution in [0.4, 0.5) is 0 Å². The van der Waals surface area contributed by atoms with Crippen LogP contribution in [0.2, 0.25) is 0 Å². The number of rotatable bonds is 5. The minimum Gasteiger partial charge on any atom is -0.364 e. The van der Waals surface area contributed by atoms with Crippen LogP contribution >= 0.6 is 0 Å². The molecule has 11 heavy (non-hydrogen) atoms. The summed E-state index contributed by atoms with van der Waals surface area (Å²) in [6.45, 7) is 5.68. The highest BCUT2D eigenvalue weighted by molar-refractivity contribution is 5.79. The van der Waals surface area contributed by atoms with Crippen LogP contribution in [0.15, 0.2) is 12.7 Å². The van der Waals surface area contributed by atoms with Crippen molar-refractivity contribution < 1.29 is 9.53 Å². The highest BCUT2D eigenvalue weighted by atomic mass is 16.5. The number of hydrogen-bond acceptors (Lipinski definition) is 3. The largest absolute Gasteiger partial charge is 0.364 e. The summed E-state index contributed by atoms with van der Waals surface area (Å²) < 4.78 is 5.08. The molecule has 0 aliphatic carbocycles. The second kappa shape index (κ2) is 5.88. The Hall–Kier alpha value is -0.870. The summed E-state index contributed by atoms with van der Waals surface area (Å²) >= 11 is 0. The van der Waals surface area contributed by atoms with Gasteiger partial charge >= 0.3 is 0 Å². The number of amides is 1. The standard InChI is InChI=1S/C7H14N2O2/c1-3-5-11-6(4-2)7(10)9-8/h3,6H,1,4-5,8H2,2H3,(H,9,10). The molecule has 0 aromatic heterocycles. The lowest BCUT2D eigenvalue weighted by Gasteiger charge is -2.11. The average Bonchev–Trinajstić information content (AvgIpc) is 2.05. The third-order valence-corrected chi connectivity index (χ3v) is 1.22. The van der Waals surface area contributed by atoms with Crippen molar-refractivity contribution >= 4 is 5.91 Å². The van der Waals surface area contributed by atoms with E-state index in [4.69, 9.17) is 10.6 Å². The molecule has 4 nitrogen and oxygen atoms in total. The normalized spacial score (nSPS) is 12.2. The third kappa shape index (κ3) is 3.75. The van der Waals surface area contributed by atoms with E-state index in [1.54, 1.807) is 6.08 Å². The summed E-state index contributed by atoms with van der Waals surface area (Å²) in [6.07, 6.45) is 1.74. The fraction of sp³-hybridized carbons (Fsp3) is 0.571. The van der Waals surface area contributed by atoms with E-state index in [1.165, 1.54) is 0 Å². The fourth-order valence-corrected chi connectivity index (χ4v) is 0.656. The lowest BCUT2D eigenvalue weighted by atomic mass is 10.2. The Balaban J connectivity index is 3.74. The number of carbonyl (C=O) groups is 1. The Morgan fingerprint density at radius 3 is 2.91 bits per heavy atom. The first kappa shape index (κ1) is 10.1. The molecule has 1 atom stereocenters. The van der Waals surface area contributed by atoms with Crippen molar-refractivity contribution in [1.82, 2.24) is 5.43 Å². The summed E-state index contributed by atoms with van der Waals surface area (Å²) in [5.74, 6) is 4.62. The van der Waals surface area contributed by atoms with Gasteiger partial charge in [0.15, 0.2) is 0 Å². The first-order valence-electron chi connectivity index (χ1n) is 3.49. The zero-order valence-corrected chi connectivity index (χ0v) is 6.67. The minimum atomic E-state index is -0.460. The van der Waals surface area contributed by atoms with Crippen LogP contribution in [0.3, 0.4) is 0 Å². The molecule has 1 unspecified atom stereocenters. The number of nitrogens with one attached hydrogen (secondary N) is 1. The lowest BCUT2D eigenvalue weighted by molar-refractivity contribution is -0.132. The number of hydrazine groups is 1. The van der Waals surface area contributed by atoms with Crippen LogP contribution in [-0.4, -0.2) is 18.6 Å². The molecule has 64 valence electrons. The molecular weight excluding hydrogens is 144 g/mol. The Bertz CT molecular complexity index is 136. The van der Waals surface area contributed by atoms with Gasteiger partial charge in [-0.25, -0.2) is 5.84 Å². The fourth-order valence-electron chi connectivity index (χ4n) is 0.656. The molecular formula is C7H14N2O2. The van der Waals surface area contributed by atoms with E-state index in [0.717, 1.165) is 0 Å². The maximum Gasteiger partial charge on any atom is 0.262 e. The SMILES string of the molecule is C=CCOC(CC)C(=O)NN. The second-order valence-corrected chi connectivity index (χ2v) is 2.03. The first-order chi connectivity index (χ1) is 5.26. The van der Waals surface area contributed by atoms with Gasteiger partial charge in [-0.2, -0.15) is 0 Å². The van der Waals surface area contributed by atoms with E-state index in [2.05, 4.69) is 6.58 Å². The molecule has 0 aliphatic rings. The van der Waals surface area contributed by atoms with Crippen molar-refractivity contribution in [1.29, 1.82) is 0 Å². The van der Waals surface area contributed by atoms with Gasteiger partial charge in [0.1, 0.15) is 6.10 Å². The van der Waals surface area contributed by atoms with Crippen LogP contribution in [0.25, 0.3) is 0 Å². The molecule has 0 aliphatic heterocycles. The summed E-state index contributed by atoms with van der Waals surface area (Å²) in [5.41, 5.74) is 2.03. The maximum atomic E-state index is 10.9. The van der Waals surface area contributed by atoms with Crippen LogP contribution in [0, 0.1) is 0 Å². The highest BCUT2D eigenvalue weighted by Gasteiger charge is 2.13. The summed E-state index contributed by atoms with van der Waals surface area (Å²) in [4.78, 5) is 10.9. The molecule has 3 N–H and O–H groups in total. The molecule has 0 radical (unpaired) electrons. The molecule has 0 spiro atoms. The Morgan fingerprint density at radius 1 is 1.91 bits per heavy atom. The van der Waals surface area contributed by atoms with E-state index in [9.17, 15) is 4.79 Å². The minimum absolute atomic E-state index is 0.297. The van der Waals surface area contributed by atoms with Crippen molar-refractivity contribution in [2.45, 2.75) is 19.4 Å². The van der Waals surface area contributed by atoms with Gasteiger partial charge in [-0.3, -0.25) is 10.2 Å². The molecule has 0 heterocycles. The highest BCUT2D eigenvalue weighted by Crippen LogP contribution is 1.96. The molecule has 0 aromatic carbocycles. The van der Waals surface area contributed by atoms with Gasteiger partial charge in [0.25, 0.3) is 5.91 Å². The first-order valence-corrected chi connectivity index (χ1v) is 3.49. The van der Waals surface area contributed by atoms with Gasteiger partial charge in [-0.1, -0.05) is 13.0 Å². The zero-order valence-electron chi connectivity index (χ0n) is 6.67. The predicted octanol–water partition coefficient (Wildman–Crippen LogP) is -0.0425. The van der Waals surface area contributed by atoms with Crippen molar-refractivity contribution in [3.63, 3.8) is 0 Å². The van der Waals surface area contributed by atoms with Crippen LogP contribution in [0.5, 0.6) is 0 Å². The van der Waals surface area contributed by atoms with E-state index in [0.29, 0.717) is 13.0 Å². The van der Waals surface area contributed by atoms with Gasteiger partial charge < -0.3 is 4.74 Å². The summed E-state index contributed by atoms with van der Waals surface area (Å²) in [6, 6.07) is 0. The van der Waals surface area contributed by atoms with E-state index in [-0.39, 0.29) is 5.91 Å². The van der Waals surface area contributed by atoms with Gasteiger partial charge in [0, 0.05) is 0 Å². The van der Waals surface area contributed by atoms with E-state index >= 15 is 0 Å². The molecule has 0 aromatic rings. The zero-order chi connectivity index (χ0) is 8.69. The van der Waals surface area contributed by atoms with Crippen LogP contribution in [0.1, 0.15) is 13.3 Å². The summed E-state index contributed by atoms with van der Waals surface area (Å²) in [7, 11) is 0. The van der Waals surface area contributed by atoms with Gasteiger partial charge in [0.2, 0.25) is 0 Å². The number of hydrogen-bond donors (Lipinski definition) is 2. The molecule has 1 amide bonds. The van der Waals surface area contributed by atoms with Crippen molar-refractivity contribution in [2.75, 3.05) is 6.61 Å². The Labute approximate surface area is 66.4 Å². The lowest BCUT2D eigenvalue weighted by Crippen LogP contribution is -2.40. The van der Waals surface area contributed by atoms with Crippen molar-refractivity contribution in [2.24, 2.45) is 5.84 Å². The maximum absolute atomic E-state index is 10.9. The van der Waals surface area contributed by atoms with Gasteiger partial charge in [-0.05, 0) is 6.42 Å². The quantitative estimate of drug-likeness (QED) is 0.255. The number of nitrogens with two attached hydrogens (primary N) is 1. The predicted molar refractivity (Wildman–Crippen MR) is 42.6 cm³/mol. The third-order valence-electron chi connectivity index (χ3n) is 1.22. The van der Waals surface area contributed by atoms with Gasteiger partial charge in [-0.15, -0.1) is 6.58 Å². The van der Waals surface area contributed by atoms with Crippen LogP contribution in [-0.2, 0) is 9.53 Å². The molecule has 0 saturated carbocycles. The van der Waals surface area contributed by atoms with E-state index < -0.39 is 6.10 Å².